The molecule has 1 aliphatic rings. The van der Waals surface area contributed by atoms with Gasteiger partial charge in [-0.1, -0.05) is 30.3 Å². The number of nitrogens with zero attached hydrogens (tertiary/aromatic N) is 2. The predicted molar refractivity (Wildman–Crippen MR) is 88.3 cm³/mol. The van der Waals surface area contributed by atoms with Crippen molar-refractivity contribution in [2.45, 2.75) is 36.7 Å². The molecule has 1 fully saturated rings. The van der Waals surface area contributed by atoms with E-state index in [1.165, 1.54) is 12.4 Å². The van der Waals surface area contributed by atoms with Gasteiger partial charge in [-0.3, -0.25) is 0 Å². The minimum atomic E-state index is -3.61. The largest absolute Gasteiger partial charge is 0.313 e. The lowest BCUT2D eigenvalue weighted by atomic mass is 10.0. The van der Waals surface area contributed by atoms with Crippen LogP contribution in [0.2, 0.25) is 0 Å². The van der Waals surface area contributed by atoms with Gasteiger partial charge in [0.25, 0.3) is 0 Å². The Kier molecular flexibility index (Phi) is 4.70. The maximum absolute atomic E-state index is 12.5. The fourth-order valence-corrected chi connectivity index (χ4v) is 3.90. The standard InChI is InChI=1S/C16H20N4O2S/c1-12-15(8-5-9-17-12)20-23(21,22)14-10-18-16(19-11-14)13-6-3-2-4-7-13/h2-4,6-7,10-12,15,17,20H,5,8-9H2,1H3. The van der Waals surface area contributed by atoms with Gasteiger partial charge in [0, 0.05) is 17.6 Å². The monoisotopic (exact) mass is 332 g/mol. The molecule has 1 aromatic carbocycles. The molecule has 122 valence electrons. The topological polar surface area (TPSA) is 84.0 Å². The number of benzene rings is 1. The molecule has 1 aliphatic heterocycles. The minimum Gasteiger partial charge on any atom is -0.313 e. The molecule has 2 N–H and O–H groups in total. The first-order valence-electron chi connectivity index (χ1n) is 7.69. The molecule has 2 unspecified atom stereocenters. The van der Waals surface area contributed by atoms with Crippen LogP contribution in [0, 0.1) is 0 Å². The van der Waals surface area contributed by atoms with Crippen LogP contribution in [0.4, 0.5) is 0 Å². The maximum atomic E-state index is 12.5. The second-order valence-electron chi connectivity index (χ2n) is 5.72. The Morgan fingerprint density at radius 2 is 1.87 bits per heavy atom. The highest BCUT2D eigenvalue weighted by molar-refractivity contribution is 7.89. The van der Waals surface area contributed by atoms with Gasteiger partial charge in [-0.15, -0.1) is 0 Å². The Bertz CT molecular complexity index is 747. The highest BCUT2D eigenvalue weighted by atomic mass is 32.2. The summed E-state index contributed by atoms with van der Waals surface area (Å²) in [6, 6.07) is 9.47. The molecular weight excluding hydrogens is 312 g/mol. The van der Waals surface area contributed by atoms with Gasteiger partial charge in [0.2, 0.25) is 10.0 Å². The van der Waals surface area contributed by atoms with Crippen molar-refractivity contribution in [3.05, 3.63) is 42.7 Å². The second kappa shape index (κ2) is 6.74. The third-order valence-electron chi connectivity index (χ3n) is 4.04. The van der Waals surface area contributed by atoms with Crippen LogP contribution in [0.25, 0.3) is 11.4 Å². The number of aromatic nitrogens is 2. The minimum absolute atomic E-state index is 0.0926. The zero-order valence-corrected chi connectivity index (χ0v) is 13.8. The van der Waals surface area contributed by atoms with Crippen LogP contribution in [0.1, 0.15) is 19.8 Å². The van der Waals surface area contributed by atoms with Crippen LogP contribution in [-0.2, 0) is 10.0 Å². The molecule has 0 amide bonds. The van der Waals surface area contributed by atoms with Gasteiger partial charge in [-0.05, 0) is 26.3 Å². The number of hydrogen-bond donors (Lipinski definition) is 2. The molecule has 7 heteroatoms. The van der Waals surface area contributed by atoms with E-state index in [1.54, 1.807) is 0 Å². The molecule has 3 rings (SSSR count). The van der Waals surface area contributed by atoms with Gasteiger partial charge in [0.15, 0.2) is 5.82 Å². The summed E-state index contributed by atoms with van der Waals surface area (Å²) in [5.74, 6) is 0.511. The average Bonchev–Trinajstić information content (AvgIpc) is 2.58. The zero-order chi connectivity index (χ0) is 16.3. The Morgan fingerprint density at radius 1 is 1.17 bits per heavy atom. The Hall–Kier alpha value is -1.83. The Balaban J connectivity index is 1.78. The molecule has 6 nitrogen and oxygen atoms in total. The lowest BCUT2D eigenvalue weighted by Gasteiger charge is -2.30. The molecule has 1 saturated heterocycles. The molecule has 0 spiro atoms. The van der Waals surface area contributed by atoms with E-state index in [0.717, 1.165) is 24.9 Å². The Labute approximate surface area is 136 Å². The summed E-state index contributed by atoms with van der Waals surface area (Å²) >= 11 is 0. The van der Waals surface area contributed by atoms with E-state index >= 15 is 0 Å². The van der Waals surface area contributed by atoms with E-state index in [-0.39, 0.29) is 17.0 Å². The fraction of sp³-hybridized carbons (Fsp3) is 0.375. The van der Waals surface area contributed by atoms with E-state index in [2.05, 4.69) is 20.0 Å². The molecule has 0 aliphatic carbocycles. The smallest absolute Gasteiger partial charge is 0.243 e. The first kappa shape index (κ1) is 16.0. The molecule has 23 heavy (non-hydrogen) atoms. The first-order valence-corrected chi connectivity index (χ1v) is 9.18. The van der Waals surface area contributed by atoms with Gasteiger partial charge in [0.05, 0.1) is 12.4 Å². The average molecular weight is 332 g/mol. The van der Waals surface area contributed by atoms with Crippen molar-refractivity contribution in [3.63, 3.8) is 0 Å². The molecule has 0 radical (unpaired) electrons. The third kappa shape index (κ3) is 3.74. The zero-order valence-electron chi connectivity index (χ0n) is 12.9. The highest BCUT2D eigenvalue weighted by Crippen LogP contribution is 2.16. The van der Waals surface area contributed by atoms with Crippen molar-refractivity contribution in [2.75, 3.05) is 6.54 Å². The van der Waals surface area contributed by atoms with Crippen molar-refractivity contribution in [2.24, 2.45) is 0 Å². The molecular formula is C16H20N4O2S. The van der Waals surface area contributed by atoms with Gasteiger partial charge in [-0.25, -0.2) is 23.1 Å². The number of rotatable bonds is 4. The fourth-order valence-electron chi connectivity index (χ4n) is 2.66. The Morgan fingerprint density at radius 3 is 2.52 bits per heavy atom. The molecule has 2 atom stereocenters. The van der Waals surface area contributed by atoms with E-state index in [0.29, 0.717) is 5.82 Å². The van der Waals surface area contributed by atoms with E-state index in [1.807, 2.05) is 37.3 Å². The molecule has 2 aromatic rings. The number of piperidine rings is 1. The van der Waals surface area contributed by atoms with E-state index in [9.17, 15) is 8.42 Å². The summed E-state index contributed by atoms with van der Waals surface area (Å²) in [6.07, 6.45) is 4.51. The van der Waals surface area contributed by atoms with Crippen LogP contribution >= 0.6 is 0 Å². The predicted octanol–water partition coefficient (Wildman–Crippen LogP) is 1.56. The summed E-state index contributed by atoms with van der Waals surface area (Å²) < 4.78 is 27.7. The van der Waals surface area contributed by atoms with Crippen molar-refractivity contribution in [1.29, 1.82) is 0 Å². The summed E-state index contributed by atoms with van der Waals surface area (Å²) in [4.78, 5) is 8.46. The quantitative estimate of drug-likeness (QED) is 0.888. The summed E-state index contributed by atoms with van der Waals surface area (Å²) in [6.45, 7) is 2.91. The highest BCUT2D eigenvalue weighted by Gasteiger charge is 2.26. The van der Waals surface area contributed by atoms with Crippen LogP contribution in [0.15, 0.2) is 47.6 Å². The second-order valence-corrected chi connectivity index (χ2v) is 7.44. The van der Waals surface area contributed by atoms with Crippen LogP contribution in [0.3, 0.4) is 0 Å². The number of sulfonamides is 1. The molecule has 0 bridgehead atoms. The van der Waals surface area contributed by atoms with Crippen LogP contribution < -0.4 is 10.0 Å². The van der Waals surface area contributed by atoms with Crippen LogP contribution in [-0.4, -0.2) is 37.0 Å². The van der Waals surface area contributed by atoms with Crippen molar-refractivity contribution in [1.82, 2.24) is 20.0 Å². The van der Waals surface area contributed by atoms with Crippen LogP contribution in [0.5, 0.6) is 0 Å². The lowest BCUT2D eigenvalue weighted by molar-refractivity contribution is 0.348. The van der Waals surface area contributed by atoms with E-state index < -0.39 is 10.0 Å². The van der Waals surface area contributed by atoms with E-state index in [4.69, 9.17) is 0 Å². The molecule has 0 saturated carbocycles. The number of hydrogen-bond acceptors (Lipinski definition) is 5. The van der Waals surface area contributed by atoms with Gasteiger partial charge < -0.3 is 5.32 Å². The first-order chi connectivity index (χ1) is 11.1. The van der Waals surface area contributed by atoms with Gasteiger partial charge in [0.1, 0.15) is 4.90 Å². The van der Waals surface area contributed by atoms with Crippen molar-refractivity contribution < 1.29 is 8.42 Å². The lowest BCUT2D eigenvalue weighted by Crippen LogP contribution is -2.51. The summed E-state index contributed by atoms with van der Waals surface area (Å²) in [5.41, 5.74) is 0.856. The SMILES string of the molecule is CC1NCCCC1NS(=O)(=O)c1cnc(-c2ccccc2)nc1. The molecule has 1 aromatic heterocycles. The van der Waals surface area contributed by atoms with Gasteiger partial charge in [-0.2, -0.15) is 0 Å². The molecule has 2 heterocycles. The normalized spacial score (nSPS) is 22.0. The maximum Gasteiger partial charge on any atom is 0.243 e. The van der Waals surface area contributed by atoms with Crippen molar-refractivity contribution >= 4 is 10.0 Å². The summed E-state index contributed by atoms with van der Waals surface area (Å²) in [7, 11) is -3.61. The van der Waals surface area contributed by atoms with Gasteiger partial charge >= 0.3 is 0 Å². The third-order valence-corrected chi connectivity index (χ3v) is 5.48. The summed E-state index contributed by atoms with van der Waals surface area (Å²) in [5, 5.41) is 3.28. The number of nitrogens with one attached hydrogen (secondary N) is 2. The van der Waals surface area contributed by atoms with Crippen molar-refractivity contribution in [3.8, 4) is 11.4 Å².